The molecule has 10 rings (SSSR count). The highest BCUT2D eigenvalue weighted by Crippen LogP contribution is 2.80. The number of aliphatic hydroxyl groups excluding tert-OH is 7. The van der Waals surface area contributed by atoms with Crippen LogP contribution >= 0.6 is 0 Å². The summed E-state index contributed by atoms with van der Waals surface area (Å²) in [5.41, 5.74) is 0.103. The molecule has 2 bridgehead atoms. The second-order valence-electron chi connectivity index (χ2n) is 24.6. The molecule has 4 saturated carbocycles. The van der Waals surface area contributed by atoms with E-state index >= 15 is 0 Å². The lowest BCUT2D eigenvalue weighted by Crippen LogP contribution is -2.67. The van der Waals surface area contributed by atoms with E-state index in [-0.39, 0.29) is 46.7 Å². The van der Waals surface area contributed by atoms with Gasteiger partial charge in [0.2, 0.25) is 0 Å². The molecule has 73 heavy (non-hydrogen) atoms. The van der Waals surface area contributed by atoms with Crippen molar-refractivity contribution in [2.75, 3.05) is 26.4 Å². The number of carbonyl (C=O) groups excluding carboxylic acids is 1. The molecule has 18 heteroatoms. The predicted octanol–water partition coefficient (Wildman–Crippen LogP) is 2.87. The maximum absolute atomic E-state index is 13.1. The molecule has 18 nitrogen and oxygen atoms in total. The van der Waals surface area contributed by atoms with Crippen LogP contribution in [0, 0.1) is 45.3 Å². The quantitative estimate of drug-likeness (QED) is 0.0648. The van der Waals surface area contributed by atoms with E-state index in [1.165, 1.54) is 6.08 Å². The summed E-state index contributed by atoms with van der Waals surface area (Å²) in [6.45, 7) is 14.4. The van der Waals surface area contributed by atoms with Crippen molar-refractivity contribution in [3.8, 4) is 0 Å². The summed E-state index contributed by atoms with van der Waals surface area (Å²) in [5, 5.41) is 88.9. The molecule has 4 aliphatic carbocycles. The smallest absolute Gasteiger partial charge is 0.331 e. The van der Waals surface area contributed by atoms with Crippen LogP contribution in [0.5, 0.6) is 0 Å². The van der Waals surface area contributed by atoms with Crippen LogP contribution in [-0.4, -0.2) is 177 Å². The van der Waals surface area contributed by atoms with Crippen LogP contribution in [0.15, 0.2) is 48.1 Å². The van der Waals surface area contributed by atoms with Gasteiger partial charge in [-0.15, -0.1) is 0 Å². The molecule has 8 N–H and O–H groups in total. The van der Waals surface area contributed by atoms with Crippen molar-refractivity contribution in [3.63, 3.8) is 0 Å². The van der Waals surface area contributed by atoms with E-state index < -0.39 is 122 Å². The van der Waals surface area contributed by atoms with Crippen LogP contribution in [0.4, 0.5) is 0 Å². The molecule has 0 unspecified atom stereocenters. The number of ether oxygens (including phenoxy) is 9. The van der Waals surface area contributed by atoms with E-state index in [2.05, 4.69) is 47.6 Å². The third-order valence-electron chi connectivity index (χ3n) is 19.8. The Labute approximate surface area is 427 Å². The first kappa shape index (κ1) is 53.9. The first-order valence-corrected chi connectivity index (χ1v) is 26.7. The standard InChI is InChI=1S/C55H80O18/c1-28(2)21-30-22-53(7,64)46-31-14-15-36-51(5)19-18-37(50(3,4)35(51)17-20-52(36,6)54(31)26-55(46,73-30)66-27-54)69-49-45(72-47-41(62)39(60)33(23-56)67-47)43(32(58)25-65-49)71-48-42(63)44(40(61)34(24-57)68-48)70-38(59)16-13-29-11-9-8-10-12-29/h8-13,16,21,30-37,39-49,56-58,60-64H,14-15,17-20,22-27H2,1-7H3/b16-13+/t30-,31+,32-,33-,34+,35-,36+,37-,39-,40+,41+,42+,43-,44-,45+,46-,47-,48-,49-,51-,52+,53-,54-,55-/m0/s1. The number of hydrogen-bond acceptors (Lipinski definition) is 18. The Morgan fingerprint density at radius 1 is 0.767 bits per heavy atom. The van der Waals surface area contributed by atoms with Gasteiger partial charge in [-0.1, -0.05) is 69.7 Å². The molecule has 0 aromatic heterocycles. The van der Waals surface area contributed by atoms with E-state index in [1.807, 2.05) is 13.0 Å². The number of benzene rings is 1. The minimum Gasteiger partial charge on any atom is -0.453 e. The summed E-state index contributed by atoms with van der Waals surface area (Å²) in [4.78, 5) is 13.1. The van der Waals surface area contributed by atoms with Gasteiger partial charge in [0.05, 0.1) is 44.2 Å². The van der Waals surface area contributed by atoms with Crippen molar-refractivity contribution in [2.45, 2.75) is 203 Å². The van der Waals surface area contributed by atoms with Gasteiger partial charge in [-0.25, -0.2) is 4.79 Å². The number of aliphatic hydroxyl groups is 8. The first-order valence-electron chi connectivity index (χ1n) is 26.7. The summed E-state index contributed by atoms with van der Waals surface area (Å²) >= 11 is 0. The molecule has 5 aliphatic heterocycles. The fourth-order valence-electron chi connectivity index (χ4n) is 16.6. The maximum atomic E-state index is 13.1. The van der Waals surface area contributed by atoms with E-state index in [0.29, 0.717) is 30.9 Å². The van der Waals surface area contributed by atoms with Crippen molar-refractivity contribution in [1.29, 1.82) is 0 Å². The molecule has 5 heterocycles. The lowest BCUT2D eigenvalue weighted by molar-refractivity contribution is -0.375. The Balaban J connectivity index is 0.892. The fraction of sp³-hybridized carbons (Fsp3) is 0.800. The van der Waals surface area contributed by atoms with Gasteiger partial charge in [0, 0.05) is 30.3 Å². The number of carbonyl (C=O) groups is 1. The Kier molecular flexibility index (Phi) is 14.6. The summed E-state index contributed by atoms with van der Waals surface area (Å²) in [6, 6.07) is 8.95. The van der Waals surface area contributed by atoms with Gasteiger partial charge in [-0.3, -0.25) is 0 Å². The lowest BCUT2D eigenvalue weighted by Gasteiger charge is -2.70. The molecule has 408 valence electrons. The van der Waals surface area contributed by atoms with Gasteiger partial charge in [-0.2, -0.15) is 0 Å². The largest absolute Gasteiger partial charge is 0.453 e. The minimum atomic E-state index is -1.85. The van der Waals surface area contributed by atoms with Gasteiger partial charge in [0.25, 0.3) is 0 Å². The number of esters is 1. The molecular weight excluding hydrogens is 949 g/mol. The molecule has 1 aromatic rings. The molecule has 0 amide bonds. The average Bonchev–Trinajstić information content (AvgIpc) is 3.96. The van der Waals surface area contributed by atoms with Gasteiger partial charge >= 0.3 is 5.97 Å². The van der Waals surface area contributed by atoms with Crippen molar-refractivity contribution in [1.82, 2.24) is 0 Å². The minimum absolute atomic E-state index is 0.0878. The average molecular weight is 1030 g/mol. The van der Waals surface area contributed by atoms with Gasteiger partial charge in [-0.05, 0) is 105 Å². The zero-order chi connectivity index (χ0) is 52.2. The van der Waals surface area contributed by atoms with Crippen LogP contribution in [-0.2, 0) is 47.4 Å². The van der Waals surface area contributed by atoms with Crippen molar-refractivity contribution >= 4 is 12.0 Å². The van der Waals surface area contributed by atoms with Crippen molar-refractivity contribution < 1.29 is 88.3 Å². The summed E-state index contributed by atoms with van der Waals surface area (Å²) in [5.74, 6) is -1.03. The maximum Gasteiger partial charge on any atom is 0.331 e. The van der Waals surface area contributed by atoms with Gasteiger partial charge < -0.3 is 83.5 Å². The third-order valence-corrected chi connectivity index (χ3v) is 19.8. The van der Waals surface area contributed by atoms with Crippen LogP contribution in [0.3, 0.4) is 0 Å². The first-order chi connectivity index (χ1) is 34.5. The Bertz CT molecular complexity index is 2200. The highest BCUT2D eigenvalue weighted by Gasteiger charge is 2.81. The Morgan fingerprint density at radius 2 is 1.45 bits per heavy atom. The molecular formula is C55H80O18. The molecule has 1 aromatic carbocycles. The molecule has 0 radical (unpaired) electrons. The van der Waals surface area contributed by atoms with Crippen LogP contribution < -0.4 is 0 Å². The Hall–Kier alpha value is -2.47. The van der Waals surface area contributed by atoms with Gasteiger partial charge in [0.15, 0.2) is 30.8 Å². The van der Waals surface area contributed by atoms with Crippen LogP contribution in [0.2, 0.25) is 0 Å². The number of hydrogen-bond donors (Lipinski definition) is 8. The molecule has 2 spiro atoms. The fourth-order valence-corrected chi connectivity index (χ4v) is 16.6. The Morgan fingerprint density at radius 3 is 2.14 bits per heavy atom. The molecule has 9 fully saturated rings. The van der Waals surface area contributed by atoms with E-state index in [9.17, 15) is 45.6 Å². The van der Waals surface area contributed by atoms with Gasteiger partial charge in [0.1, 0.15) is 54.9 Å². The zero-order valence-electron chi connectivity index (χ0n) is 43.2. The summed E-state index contributed by atoms with van der Waals surface area (Å²) < 4.78 is 57.1. The second-order valence-corrected chi connectivity index (χ2v) is 24.6. The second kappa shape index (κ2) is 19.8. The highest BCUT2D eigenvalue weighted by atomic mass is 16.8. The van der Waals surface area contributed by atoms with Crippen LogP contribution in [0.25, 0.3) is 6.08 Å². The monoisotopic (exact) mass is 1030 g/mol. The summed E-state index contributed by atoms with van der Waals surface area (Å²) in [6.07, 6.45) is -9.17. The predicted molar refractivity (Wildman–Crippen MR) is 258 cm³/mol. The van der Waals surface area contributed by atoms with E-state index in [0.717, 1.165) is 50.2 Å². The summed E-state index contributed by atoms with van der Waals surface area (Å²) in [7, 11) is 0. The number of fused-ring (bicyclic) bond motifs is 4. The molecule has 9 aliphatic rings. The van der Waals surface area contributed by atoms with Crippen molar-refractivity contribution in [2.24, 2.45) is 45.3 Å². The van der Waals surface area contributed by atoms with E-state index in [1.54, 1.807) is 24.3 Å². The van der Waals surface area contributed by atoms with E-state index in [4.69, 9.17) is 42.6 Å². The third kappa shape index (κ3) is 8.92. The molecule has 5 saturated heterocycles. The topological polar surface area (TPSA) is 262 Å². The normalized spacial score (nSPS) is 50.9. The van der Waals surface area contributed by atoms with Crippen molar-refractivity contribution in [3.05, 3.63) is 53.6 Å². The number of allylic oxidation sites excluding steroid dienone is 1. The molecule has 24 atom stereocenters. The SMILES string of the molecule is CC(C)=C[C@H]1C[C@](C)(O)[C@@H]2[C@H]3CC[C@@H]4[C@@]5(C)CC[C@H](O[C@@H]6OC[C@H](O)[C@H](O[C@@H]7O[C@H](CO)[C@@H](O)[C@H](OC(=O)/C=C/c8ccccc8)[C@H]7O)[C@H]6O[C@@H]6O[C@@H](CO)[C@H](O)[C@H]6O)C(C)(C)[C@@H]5CC[C@@]4(C)[C@@]34CO[C@@]2(C4)O1. The number of rotatable bonds is 12. The lowest BCUT2D eigenvalue weighted by atomic mass is 9.35. The highest BCUT2D eigenvalue weighted by molar-refractivity contribution is 5.87. The van der Waals surface area contributed by atoms with Crippen LogP contribution in [0.1, 0.15) is 105 Å². The zero-order valence-corrected chi connectivity index (χ0v) is 43.2.